The van der Waals surface area contributed by atoms with Crippen LogP contribution in [0.1, 0.15) is 18.1 Å². The Hall–Kier alpha value is -0.300. The van der Waals surface area contributed by atoms with Crippen molar-refractivity contribution in [3.63, 3.8) is 0 Å². The zero-order valence-corrected chi connectivity index (χ0v) is 7.56. The Balaban J connectivity index is 2.87. The molecule has 0 aliphatic rings. The summed E-state index contributed by atoms with van der Waals surface area (Å²) in [5.41, 5.74) is 2.62. The molecule has 0 fully saturated rings. The van der Waals surface area contributed by atoms with Gasteiger partial charge in [-0.15, -0.1) is 0 Å². The molecule has 1 aromatic carbocycles. The maximum atomic E-state index is 3.41. The molecule has 1 rings (SSSR count). The van der Waals surface area contributed by atoms with Crippen LogP contribution >= 0.6 is 15.9 Å². The minimum atomic E-state index is 0.939. The third-order valence-corrected chi connectivity index (χ3v) is 2.09. The molecular formula is C9H10Br. The molecule has 0 aromatic heterocycles. The fourth-order valence-corrected chi connectivity index (χ4v) is 1.20. The summed E-state index contributed by atoms with van der Waals surface area (Å²) in [5.74, 6) is 0. The first-order valence-electron chi connectivity index (χ1n) is 3.31. The largest absolute Gasteiger partial charge is 0.0876 e. The highest BCUT2D eigenvalue weighted by Crippen LogP contribution is 2.09. The number of benzene rings is 1. The van der Waals surface area contributed by atoms with E-state index in [0.717, 1.165) is 5.33 Å². The molecule has 1 heteroatoms. The van der Waals surface area contributed by atoms with Gasteiger partial charge in [0.25, 0.3) is 0 Å². The summed E-state index contributed by atoms with van der Waals surface area (Å²) < 4.78 is 0. The number of hydrogen-bond donors (Lipinski definition) is 0. The van der Waals surface area contributed by atoms with Crippen molar-refractivity contribution in [2.45, 2.75) is 12.3 Å². The lowest BCUT2D eigenvalue weighted by atomic mass is 10.1. The van der Waals surface area contributed by atoms with E-state index < -0.39 is 0 Å². The van der Waals surface area contributed by atoms with Gasteiger partial charge >= 0.3 is 0 Å². The van der Waals surface area contributed by atoms with Gasteiger partial charge in [-0.3, -0.25) is 0 Å². The van der Waals surface area contributed by atoms with Crippen molar-refractivity contribution in [1.82, 2.24) is 0 Å². The van der Waals surface area contributed by atoms with E-state index in [2.05, 4.69) is 46.6 Å². The number of alkyl halides is 1. The lowest BCUT2D eigenvalue weighted by Gasteiger charge is -1.97. The van der Waals surface area contributed by atoms with E-state index in [1.807, 2.05) is 6.92 Å². The number of rotatable bonds is 2. The molecule has 53 valence electrons. The van der Waals surface area contributed by atoms with E-state index in [0.29, 0.717) is 0 Å². The van der Waals surface area contributed by atoms with Crippen molar-refractivity contribution >= 4 is 15.9 Å². The van der Waals surface area contributed by atoms with Gasteiger partial charge in [0.2, 0.25) is 0 Å². The van der Waals surface area contributed by atoms with E-state index >= 15 is 0 Å². The summed E-state index contributed by atoms with van der Waals surface area (Å²) in [6.07, 6.45) is 2.10. The van der Waals surface area contributed by atoms with Crippen LogP contribution < -0.4 is 0 Å². The Morgan fingerprint density at radius 3 is 2.90 bits per heavy atom. The minimum absolute atomic E-state index is 0.939. The average molecular weight is 198 g/mol. The Kier molecular flexibility index (Phi) is 2.94. The smallest absolute Gasteiger partial charge is 0.0283 e. The molecule has 0 nitrogen and oxygen atoms in total. The van der Waals surface area contributed by atoms with Crippen LogP contribution in [0.5, 0.6) is 0 Å². The van der Waals surface area contributed by atoms with Crippen molar-refractivity contribution in [3.8, 4) is 0 Å². The highest BCUT2D eigenvalue weighted by molar-refractivity contribution is 9.08. The van der Waals surface area contributed by atoms with Gasteiger partial charge in [0, 0.05) is 5.33 Å². The molecule has 0 aliphatic carbocycles. The summed E-state index contributed by atoms with van der Waals surface area (Å²) in [7, 11) is 0. The molecule has 0 spiro atoms. The third kappa shape index (κ3) is 1.84. The summed E-state index contributed by atoms with van der Waals surface area (Å²) in [6.45, 7) is 2.05. The average Bonchev–Trinajstić information content (AvgIpc) is 2.05. The zero-order chi connectivity index (χ0) is 7.40. The summed E-state index contributed by atoms with van der Waals surface area (Å²) in [5, 5.41) is 0.939. The van der Waals surface area contributed by atoms with Gasteiger partial charge in [0.05, 0.1) is 0 Å². The van der Waals surface area contributed by atoms with E-state index in [-0.39, 0.29) is 0 Å². The molecule has 0 saturated carbocycles. The minimum Gasteiger partial charge on any atom is -0.0876 e. The molecule has 0 unspecified atom stereocenters. The van der Waals surface area contributed by atoms with Crippen LogP contribution in [-0.2, 0) is 5.33 Å². The second-order valence-corrected chi connectivity index (χ2v) is 2.73. The summed E-state index contributed by atoms with van der Waals surface area (Å²) >= 11 is 3.41. The van der Waals surface area contributed by atoms with Gasteiger partial charge in [-0.1, -0.05) is 47.1 Å². The SMILES string of the molecule is C[CH]c1cccc(CBr)c1. The maximum absolute atomic E-state index is 3.41. The Labute approximate surface area is 70.4 Å². The zero-order valence-electron chi connectivity index (χ0n) is 5.97. The van der Waals surface area contributed by atoms with Gasteiger partial charge in [-0.2, -0.15) is 0 Å². The number of halogens is 1. The second kappa shape index (κ2) is 3.77. The Bertz CT molecular complexity index is 186. The van der Waals surface area contributed by atoms with E-state index in [1.165, 1.54) is 11.1 Å². The number of hydrogen-bond acceptors (Lipinski definition) is 0. The van der Waals surface area contributed by atoms with Crippen molar-refractivity contribution in [2.75, 3.05) is 0 Å². The quantitative estimate of drug-likeness (QED) is 0.640. The fourth-order valence-electron chi connectivity index (χ4n) is 0.856. The molecule has 0 amide bonds. The topological polar surface area (TPSA) is 0 Å². The van der Waals surface area contributed by atoms with Gasteiger partial charge in [0.15, 0.2) is 0 Å². The molecule has 1 aromatic rings. The van der Waals surface area contributed by atoms with Crippen LogP contribution in [-0.4, -0.2) is 0 Å². The van der Waals surface area contributed by atoms with Crippen molar-refractivity contribution < 1.29 is 0 Å². The first-order chi connectivity index (χ1) is 4.86. The van der Waals surface area contributed by atoms with Crippen LogP contribution in [0.25, 0.3) is 0 Å². The van der Waals surface area contributed by atoms with Crippen LogP contribution in [0.3, 0.4) is 0 Å². The lowest BCUT2D eigenvalue weighted by molar-refractivity contribution is 1.35. The van der Waals surface area contributed by atoms with Gasteiger partial charge in [-0.25, -0.2) is 0 Å². The molecule has 0 heterocycles. The summed E-state index contributed by atoms with van der Waals surface area (Å²) in [6, 6.07) is 8.47. The first kappa shape index (κ1) is 7.80. The molecular weight excluding hydrogens is 188 g/mol. The molecule has 0 N–H and O–H groups in total. The lowest BCUT2D eigenvalue weighted by Crippen LogP contribution is -1.80. The maximum Gasteiger partial charge on any atom is 0.0283 e. The fraction of sp³-hybridized carbons (Fsp3) is 0.222. The van der Waals surface area contributed by atoms with Gasteiger partial charge < -0.3 is 0 Å². The Morgan fingerprint density at radius 1 is 1.50 bits per heavy atom. The van der Waals surface area contributed by atoms with E-state index in [4.69, 9.17) is 0 Å². The first-order valence-corrected chi connectivity index (χ1v) is 4.43. The highest BCUT2D eigenvalue weighted by atomic mass is 79.9. The van der Waals surface area contributed by atoms with Crippen LogP contribution in [0.4, 0.5) is 0 Å². The monoisotopic (exact) mass is 197 g/mol. The normalized spacial score (nSPS) is 9.80. The highest BCUT2D eigenvalue weighted by Gasteiger charge is 1.90. The standard InChI is InChI=1S/C9H10Br/c1-2-8-4-3-5-9(6-8)7-10/h2-6H,7H2,1H3. The predicted octanol–water partition coefficient (Wildman–Crippen LogP) is 3.15. The van der Waals surface area contributed by atoms with Crippen molar-refractivity contribution in [3.05, 3.63) is 41.8 Å². The van der Waals surface area contributed by atoms with Gasteiger partial charge in [-0.05, 0) is 17.5 Å². The van der Waals surface area contributed by atoms with E-state index in [9.17, 15) is 0 Å². The Morgan fingerprint density at radius 2 is 2.30 bits per heavy atom. The van der Waals surface area contributed by atoms with E-state index in [1.54, 1.807) is 0 Å². The second-order valence-electron chi connectivity index (χ2n) is 2.17. The molecule has 0 aliphatic heterocycles. The van der Waals surface area contributed by atoms with Crippen LogP contribution in [0, 0.1) is 6.42 Å². The molecule has 10 heavy (non-hydrogen) atoms. The van der Waals surface area contributed by atoms with Crippen LogP contribution in [0.15, 0.2) is 24.3 Å². The third-order valence-electron chi connectivity index (χ3n) is 1.44. The molecule has 0 atom stereocenters. The summed E-state index contributed by atoms with van der Waals surface area (Å²) in [4.78, 5) is 0. The van der Waals surface area contributed by atoms with Crippen molar-refractivity contribution in [2.24, 2.45) is 0 Å². The van der Waals surface area contributed by atoms with Crippen molar-refractivity contribution in [1.29, 1.82) is 0 Å². The molecule has 0 bridgehead atoms. The van der Waals surface area contributed by atoms with Gasteiger partial charge in [0.1, 0.15) is 0 Å². The van der Waals surface area contributed by atoms with Crippen LogP contribution in [0.2, 0.25) is 0 Å². The molecule has 0 saturated heterocycles. The molecule has 1 radical (unpaired) electrons. The predicted molar refractivity (Wildman–Crippen MR) is 48.1 cm³/mol.